The van der Waals surface area contributed by atoms with Crippen molar-refractivity contribution in [3.05, 3.63) is 0 Å². The number of hydrogen-bond acceptors (Lipinski definition) is 4. The number of rotatable bonds is 42. The second-order valence-electron chi connectivity index (χ2n) is 16.2. The molecule has 0 rings (SSSR count). The lowest BCUT2D eigenvalue weighted by Crippen LogP contribution is -2.11. The van der Waals surface area contributed by atoms with Gasteiger partial charge in [0.15, 0.2) is 0 Å². The second-order valence-corrected chi connectivity index (χ2v) is 16.2. The van der Waals surface area contributed by atoms with Gasteiger partial charge in [-0.15, -0.1) is 0 Å². The van der Waals surface area contributed by atoms with Crippen LogP contribution in [0.3, 0.4) is 0 Å². The minimum absolute atomic E-state index is 0.328. The molecule has 0 atom stereocenters. The van der Waals surface area contributed by atoms with Gasteiger partial charge in [-0.3, -0.25) is 14.4 Å². The first-order valence-electron chi connectivity index (χ1n) is 23.9. The average molecular weight is 751 g/mol. The summed E-state index contributed by atoms with van der Waals surface area (Å²) in [5.41, 5.74) is 0. The molecule has 1 N–H and O–H groups in total. The van der Waals surface area contributed by atoms with Crippen molar-refractivity contribution < 1.29 is 24.2 Å². The molecule has 0 aromatic rings. The number of ether oxygens (including phenoxy) is 1. The highest BCUT2D eigenvalue weighted by atomic mass is 16.6. The second kappa shape index (κ2) is 48.6. The summed E-state index contributed by atoms with van der Waals surface area (Å²) in [7, 11) is 0. The molecule has 0 aromatic heterocycles. The van der Waals surface area contributed by atoms with E-state index in [1.54, 1.807) is 0 Å². The number of unbranched alkanes of at least 4 members (excludes halogenated alkanes) is 36. The third-order valence-electron chi connectivity index (χ3n) is 10.7. The Kier molecular flexibility index (Phi) is 49.3. The van der Waals surface area contributed by atoms with Crippen molar-refractivity contribution in [3.63, 3.8) is 0 Å². The van der Waals surface area contributed by atoms with Gasteiger partial charge in [0.05, 0.1) is 0 Å². The van der Waals surface area contributed by atoms with E-state index in [1.807, 2.05) is 0 Å². The molecule has 0 saturated heterocycles. The topological polar surface area (TPSA) is 80.7 Å². The largest absolute Gasteiger partial charge is 0.481 e. The van der Waals surface area contributed by atoms with Gasteiger partial charge < -0.3 is 9.84 Å². The van der Waals surface area contributed by atoms with E-state index in [0.29, 0.717) is 19.3 Å². The third kappa shape index (κ3) is 52.8. The van der Waals surface area contributed by atoms with Crippen LogP contribution < -0.4 is 0 Å². The molecule has 0 radical (unpaired) electrons. The molecule has 0 aliphatic carbocycles. The van der Waals surface area contributed by atoms with Gasteiger partial charge in [0, 0.05) is 19.3 Å². The van der Waals surface area contributed by atoms with Crippen molar-refractivity contribution in [2.75, 3.05) is 0 Å². The van der Waals surface area contributed by atoms with Crippen molar-refractivity contribution in [2.24, 2.45) is 0 Å². The van der Waals surface area contributed by atoms with Crippen molar-refractivity contribution in [2.45, 2.75) is 290 Å². The third-order valence-corrected chi connectivity index (χ3v) is 10.7. The van der Waals surface area contributed by atoms with Gasteiger partial charge >= 0.3 is 17.9 Å². The smallest absolute Gasteiger partial charge is 0.313 e. The van der Waals surface area contributed by atoms with Crippen LogP contribution in [-0.2, 0) is 19.1 Å². The van der Waals surface area contributed by atoms with Crippen LogP contribution >= 0.6 is 0 Å². The first-order chi connectivity index (χ1) is 26.0. The van der Waals surface area contributed by atoms with Crippen molar-refractivity contribution >= 4 is 17.9 Å². The van der Waals surface area contributed by atoms with E-state index in [4.69, 9.17) is 9.84 Å². The van der Waals surface area contributed by atoms with Crippen LogP contribution in [0.1, 0.15) is 290 Å². The molecule has 316 valence electrons. The predicted molar refractivity (Wildman–Crippen MR) is 230 cm³/mol. The highest BCUT2D eigenvalue weighted by molar-refractivity contribution is 5.85. The standard InChI is InChI=1S/C30H58O3.C18H36O2/c1-3-5-7-9-11-13-15-16-18-20-22-24-26-28-30(32)33-29(31)27-25-23-21-19-17-14-12-10-8-6-4-2;1-2-3-4-5-6-7-8-9-10-11-12-13-14-15-16-17-18(19)20/h3-28H2,1-2H3;2-17H2,1H3,(H,19,20). The van der Waals surface area contributed by atoms with Crippen LogP contribution in [0.4, 0.5) is 0 Å². The van der Waals surface area contributed by atoms with Crippen LogP contribution in [-0.4, -0.2) is 23.0 Å². The maximum absolute atomic E-state index is 11.8. The van der Waals surface area contributed by atoms with Crippen LogP contribution in [0.25, 0.3) is 0 Å². The van der Waals surface area contributed by atoms with E-state index >= 15 is 0 Å². The SMILES string of the molecule is CCCCCCCCCCCCCCCC(=O)OC(=O)CCCCCCCCCCCCC.CCCCCCCCCCCCCCCCCC(=O)O. The quantitative estimate of drug-likeness (QED) is 0.0382. The van der Waals surface area contributed by atoms with Crippen LogP contribution in [0.15, 0.2) is 0 Å². The Balaban J connectivity index is 0. The Hall–Kier alpha value is -1.39. The Labute approximate surface area is 331 Å². The van der Waals surface area contributed by atoms with E-state index < -0.39 is 5.97 Å². The molecule has 5 nitrogen and oxygen atoms in total. The number of carboxylic acid groups (broad SMARTS) is 1. The van der Waals surface area contributed by atoms with Crippen molar-refractivity contribution in [1.29, 1.82) is 0 Å². The summed E-state index contributed by atoms with van der Waals surface area (Å²) >= 11 is 0. The number of aliphatic carboxylic acids is 1. The van der Waals surface area contributed by atoms with Gasteiger partial charge in [-0.1, -0.05) is 252 Å². The molecule has 0 amide bonds. The summed E-state index contributed by atoms with van der Waals surface area (Å²) in [6, 6.07) is 0. The maximum atomic E-state index is 11.8. The Morgan fingerprint density at radius 2 is 0.453 bits per heavy atom. The number of carbonyl (C=O) groups is 3. The van der Waals surface area contributed by atoms with Gasteiger partial charge in [0.25, 0.3) is 0 Å². The van der Waals surface area contributed by atoms with E-state index in [-0.39, 0.29) is 11.9 Å². The van der Waals surface area contributed by atoms with Gasteiger partial charge in [0.1, 0.15) is 0 Å². The lowest BCUT2D eigenvalue weighted by atomic mass is 10.0. The summed E-state index contributed by atoms with van der Waals surface area (Å²) in [5, 5.41) is 8.52. The highest BCUT2D eigenvalue weighted by Crippen LogP contribution is 2.16. The normalized spacial score (nSPS) is 11.0. The molecule has 53 heavy (non-hydrogen) atoms. The Morgan fingerprint density at radius 1 is 0.283 bits per heavy atom. The monoisotopic (exact) mass is 751 g/mol. The average Bonchev–Trinajstić information content (AvgIpc) is 3.14. The highest BCUT2D eigenvalue weighted by Gasteiger charge is 2.10. The Morgan fingerprint density at radius 3 is 0.642 bits per heavy atom. The van der Waals surface area contributed by atoms with Crippen molar-refractivity contribution in [1.82, 2.24) is 0 Å². The molecule has 0 unspecified atom stereocenters. The first kappa shape index (κ1) is 53.7. The lowest BCUT2D eigenvalue weighted by Gasteiger charge is -2.05. The van der Waals surface area contributed by atoms with Crippen LogP contribution in [0.2, 0.25) is 0 Å². The molecule has 5 heteroatoms. The van der Waals surface area contributed by atoms with Gasteiger partial charge in [0.2, 0.25) is 0 Å². The van der Waals surface area contributed by atoms with Gasteiger partial charge in [-0.2, -0.15) is 0 Å². The number of carboxylic acids is 1. The Bertz CT molecular complexity index is 735. The molecule has 0 spiro atoms. The zero-order valence-corrected chi connectivity index (χ0v) is 36.3. The number of esters is 2. The molecule has 0 aliphatic rings. The van der Waals surface area contributed by atoms with E-state index in [0.717, 1.165) is 38.5 Å². The molecule has 0 aliphatic heterocycles. The van der Waals surface area contributed by atoms with Crippen LogP contribution in [0, 0.1) is 0 Å². The fourth-order valence-corrected chi connectivity index (χ4v) is 7.10. The minimum atomic E-state index is -0.653. The van der Waals surface area contributed by atoms with Crippen molar-refractivity contribution in [3.8, 4) is 0 Å². The summed E-state index contributed by atoms with van der Waals surface area (Å²) in [4.78, 5) is 34.0. The van der Waals surface area contributed by atoms with Crippen LogP contribution in [0.5, 0.6) is 0 Å². The molecular formula is C48H94O5. The fraction of sp³-hybridized carbons (Fsp3) is 0.938. The number of carbonyl (C=O) groups excluding carboxylic acids is 2. The van der Waals surface area contributed by atoms with E-state index in [2.05, 4.69) is 20.8 Å². The zero-order chi connectivity index (χ0) is 39.1. The summed E-state index contributed by atoms with van der Waals surface area (Å²) < 4.78 is 4.97. The summed E-state index contributed by atoms with van der Waals surface area (Å²) in [6.45, 7) is 6.79. The van der Waals surface area contributed by atoms with Gasteiger partial charge in [-0.05, 0) is 19.3 Å². The predicted octanol–water partition coefficient (Wildman–Crippen LogP) is 16.6. The first-order valence-corrected chi connectivity index (χ1v) is 23.9. The summed E-state index contributed by atoms with van der Waals surface area (Å²) in [6.07, 6.45) is 51.6. The number of hydrogen-bond donors (Lipinski definition) is 1. The molecule has 0 saturated carbocycles. The molecular weight excluding hydrogens is 657 g/mol. The zero-order valence-electron chi connectivity index (χ0n) is 36.3. The molecule has 0 aromatic carbocycles. The molecule has 0 bridgehead atoms. The molecule has 0 fully saturated rings. The van der Waals surface area contributed by atoms with E-state index in [1.165, 1.54) is 212 Å². The fourth-order valence-electron chi connectivity index (χ4n) is 7.10. The van der Waals surface area contributed by atoms with Gasteiger partial charge in [-0.25, -0.2) is 0 Å². The van der Waals surface area contributed by atoms with E-state index in [9.17, 15) is 14.4 Å². The lowest BCUT2D eigenvalue weighted by molar-refractivity contribution is -0.159. The summed E-state index contributed by atoms with van der Waals surface area (Å²) in [5.74, 6) is -1.31. The maximum Gasteiger partial charge on any atom is 0.313 e. The molecule has 0 heterocycles. The minimum Gasteiger partial charge on any atom is -0.481 e.